The molecule has 0 bridgehead atoms. The van der Waals surface area contributed by atoms with E-state index >= 15 is 0 Å². The molecule has 3 nitrogen and oxygen atoms in total. The Kier molecular flexibility index (Phi) is 3.86. The van der Waals surface area contributed by atoms with Crippen molar-refractivity contribution in [2.75, 3.05) is 0 Å². The van der Waals surface area contributed by atoms with Crippen LogP contribution in [0.3, 0.4) is 0 Å². The molecule has 4 heteroatoms. The van der Waals surface area contributed by atoms with Crippen molar-refractivity contribution < 1.29 is 9.59 Å². The molecular weight excluding hydrogens is 334 g/mol. The third-order valence-electron chi connectivity index (χ3n) is 4.39. The van der Waals surface area contributed by atoms with Crippen LogP contribution in [-0.4, -0.2) is 16.7 Å². The van der Waals surface area contributed by atoms with E-state index in [-0.39, 0.29) is 18.4 Å². The first-order chi connectivity index (χ1) is 12.2. The molecule has 1 aliphatic heterocycles. The van der Waals surface area contributed by atoms with E-state index in [4.69, 9.17) is 11.6 Å². The van der Waals surface area contributed by atoms with Crippen LogP contribution in [0.4, 0.5) is 0 Å². The molecule has 0 radical (unpaired) electrons. The van der Waals surface area contributed by atoms with E-state index in [9.17, 15) is 9.59 Å². The van der Waals surface area contributed by atoms with Crippen LogP contribution in [0.15, 0.2) is 72.8 Å². The minimum atomic E-state index is -0.387. The zero-order chi connectivity index (χ0) is 17.4. The lowest BCUT2D eigenvalue weighted by atomic mass is 9.97. The number of benzene rings is 3. The molecule has 3 aromatic carbocycles. The lowest BCUT2D eigenvalue weighted by Gasteiger charge is -2.20. The predicted octanol–water partition coefficient (Wildman–Crippen LogP) is 4.80. The average Bonchev–Trinajstić information content (AvgIpc) is 2.77. The number of hydrogen-bond acceptors (Lipinski definition) is 2. The van der Waals surface area contributed by atoms with Gasteiger partial charge in [-0.25, -0.2) is 0 Å². The zero-order valence-corrected chi connectivity index (χ0v) is 14.0. The third-order valence-corrected chi connectivity index (χ3v) is 4.72. The molecule has 1 aliphatic rings. The van der Waals surface area contributed by atoms with Crippen LogP contribution in [0.5, 0.6) is 0 Å². The van der Waals surface area contributed by atoms with Gasteiger partial charge in [0, 0.05) is 5.56 Å². The molecule has 4 rings (SSSR count). The van der Waals surface area contributed by atoms with Crippen molar-refractivity contribution in [3.05, 3.63) is 94.5 Å². The number of halogens is 1. The Hall–Kier alpha value is -2.91. The van der Waals surface area contributed by atoms with Crippen LogP contribution < -0.4 is 0 Å². The number of fused-ring (bicyclic) bond motifs is 3. The lowest BCUT2D eigenvalue weighted by Crippen LogP contribution is -2.35. The van der Waals surface area contributed by atoms with E-state index in [1.54, 1.807) is 30.3 Å². The van der Waals surface area contributed by atoms with Gasteiger partial charge in [-0.1, -0.05) is 66.2 Å². The monoisotopic (exact) mass is 347 g/mol. The van der Waals surface area contributed by atoms with Gasteiger partial charge in [0.15, 0.2) is 0 Å². The molecule has 0 spiro atoms. The highest BCUT2D eigenvalue weighted by Gasteiger charge is 2.31. The molecule has 122 valence electrons. The number of hydrogen-bond donors (Lipinski definition) is 0. The summed E-state index contributed by atoms with van der Waals surface area (Å²) in [6, 6.07) is 21.9. The molecule has 0 aromatic heterocycles. The van der Waals surface area contributed by atoms with Gasteiger partial charge >= 0.3 is 0 Å². The summed E-state index contributed by atoms with van der Waals surface area (Å²) >= 11 is 6.17. The van der Waals surface area contributed by atoms with Gasteiger partial charge in [-0.05, 0) is 34.9 Å². The van der Waals surface area contributed by atoms with Crippen molar-refractivity contribution in [1.82, 2.24) is 4.90 Å². The second-order valence-electron chi connectivity index (χ2n) is 5.88. The van der Waals surface area contributed by atoms with Crippen LogP contribution in [0.25, 0.3) is 11.1 Å². The molecule has 0 unspecified atom stereocenters. The third kappa shape index (κ3) is 2.63. The van der Waals surface area contributed by atoms with Gasteiger partial charge in [-0.2, -0.15) is 0 Å². The summed E-state index contributed by atoms with van der Waals surface area (Å²) in [6.45, 7) is 0.216. The summed E-state index contributed by atoms with van der Waals surface area (Å²) in [5, 5.41) is 0.339. The van der Waals surface area contributed by atoms with Gasteiger partial charge in [0.2, 0.25) is 0 Å². The maximum Gasteiger partial charge on any atom is 0.262 e. The fraction of sp³-hybridized carbons (Fsp3) is 0.0476. The van der Waals surface area contributed by atoms with E-state index in [0.29, 0.717) is 16.1 Å². The van der Waals surface area contributed by atoms with Gasteiger partial charge in [0.25, 0.3) is 11.8 Å². The highest BCUT2D eigenvalue weighted by Crippen LogP contribution is 2.33. The lowest BCUT2D eigenvalue weighted by molar-refractivity contribution is 0.0606. The normalized spacial score (nSPS) is 13.0. The van der Waals surface area contributed by atoms with E-state index in [1.165, 1.54) is 4.90 Å². The van der Waals surface area contributed by atoms with Crippen molar-refractivity contribution in [3.63, 3.8) is 0 Å². The van der Waals surface area contributed by atoms with Gasteiger partial charge in [-0.3, -0.25) is 14.5 Å². The van der Waals surface area contributed by atoms with Crippen molar-refractivity contribution in [2.45, 2.75) is 6.54 Å². The minimum absolute atomic E-state index is 0.216. The molecule has 3 aromatic rings. The molecule has 0 aliphatic carbocycles. The number of nitrogens with zero attached hydrogens (tertiary/aromatic N) is 1. The predicted molar refractivity (Wildman–Crippen MR) is 97.5 cm³/mol. The summed E-state index contributed by atoms with van der Waals surface area (Å²) in [6.07, 6.45) is 0. The summed E-state index contributed by atoms with van der Waals surface area (Å²) in [7, 11) is 0. The summed E-state index contributed by atoms with van der Waals surface area (Å²) in [4.78, 5) is 27.4. The molecule has 1 heterocycles. The van der Waals surface area contributed by atoms with Gasteiger partial charge in [0.05, 0.1) is 17.1 Å². The topological polar surface area (TPSA) is 37.4 Å². The fourth-order valence-electron chi connectivity index (χ4n) is 3.16. The SMILES string of the molecule is O=C(c1ccccc1Cl)N1Cc2ccccc2-c2ccccc2C1=O. The van der Waals surface area contributed by atoms with Crippen molar-refractivity contribution in [2.24, 2.45) is 0 Å². The molecule has 0 atom stereocenters. The second kappa shape index (κ2) is 6.19. The van der Waals surface area contributed by atoms with Crippen LogP contribution >= 0.6 is 11.6 Å². The van der Waals surface area contributed by atoms with E-state index in [1.807, 2.05) is 42.5 Å². The Morgan fingerprint density at radius 2 is 1.40 bits per heavy atom. The first-order valence-electron chi connectivity index (χ1n) is 7.95. The standard InChI is InChI=1S/C21H14ClNO2/c22-19-12-6-5-11-18(19)21(25)23-13-14-7-1-2-8-15(14)16-9-3-4-10-17(16)20(23)24/h1-12H,13H2. The molecule has 25 heavy (non-hydrogen) atoms. The van der Waals surface area contributed by atoms with Crippen molar-refractivity contribution in [3.8, 4) is 11.1 Å². The molecule has 2 amide bonds. The van der Waals surface area contributed by atoms with Crippen LogP contribution in [-0.2, 0) is 6.54 Å². The van der Waals surface area contributed by atoms with Gasteiger partial charge in [0.1, 0.15) is 0 Å². The van der Waals surface area contributed by atoms with Crippen LogP contribution in [0.1, 0.15) is 26.3 Å². The van der Waals surface area contributed by atoms with Crippen molar-refractivity contribution >= 4 is 23.4 Å². The Bertz CT molecular complexity index is 996. The minimum Gasteiger partial charge on any atom is -0.270 e. The Labute approximate surface area is 150 Å². The van der Waals surface area contributed by atoms with Gasteiger partial charge < -0.3 is 0 Å². The van der Waals surface area contributed by atoms with E-state index < -0.39 is 0 Å². The van der Waals surface area contributed by atoms with Crippen LogP contribution in [0.2, 0.25) is 5.02 Å². The first kappa shape index (κ1) is 15.6. The number of carbonyl (C=O) groups excluding carboxylic acids is 2. The zero-order valence-electron chi connectivity index (χ0n) is 13.3. The number of imide groups is 1. The first-order valence-corrected chi connectivity index (χ1v) is 8.32. The second-order valence-corrected chi connectivity index (χ2v) is 6.29. The maximum atomic E-state index is 13.1. The molecule has 0 N–H and O–H groups in total. The number of amides is 2. The fourth-order valence-corrected chi connectivity index (χ4v) is 3.37. The summed E-state index contributed by atoms with van der Waals surface area (Å²) < 4.78 is 0. The quantitative estimate of drug-likeness (QED) is 0.593. The van der Waals surface area contributed by atoms with Crippen LogP contribution in [0, 0.1) is 0 Å². The highest BCUT2D eigenvalue weighted by atomic mass is 35.5. The molecule has 0 fully saturated rings. The summed E-state index contributed by atoms with van der Waals surface area (Å²) in [5.41, 5.74) is 3.60. The smallest absolute Gasteiger partial charge is 0.262 e. The molecule has 0 saturated carbocycles. The Balaban J connectivity index is 1.88. The largest absolute Gasteiger partial charge is 0.270 e. The van der Waals surface area contributed by atoms with Crippen molar-refractivity contribution in [1.29, 1.82) is 0 Å². The molecule has 0 saturated heterocycles. The van der Waals surface area contributed by atoms with E-state index in [2.05, 4.69) is 0 Å². The number of carbonyl (C=O) groups is 2. The maximum absolute atomic E-state index is 13.1. The van der Waals surface area contributed by atoms with E-state index in [0.717, 1.165) is 16.7 Å². The highest BCUT2D eigenvalue weighted by molar-refractivity contribution is 6.34. The van der Waals surface area contributed by atoms with Gasteiger partial charge in [-0.15, -0.1) is 0 Å². The Morgan fingerprint density at radius 3 is 2.16 bits per heavy atom. The number of rotatable bonds is 1. The average molecular weight is 348 g/mol. The summed E-state index contributed by atoms with van der Waals surface area (Å²) in [5.74, 6) is -0.696. The Morgan fingerprint density at radius 1 is 0.800 bits per heavy atom. The molecular formula is C21H14ClNO2.